The van der Waals surface area contributed by atoms with Gasteiger partial charge in [-0.05, 0) is 13.0 Å². The van der Waals surface area contributed by atoms with Crippen LogP contribution in [0.5, 0.6) is 0 Å². The largest absolute Gasteiger partial charge is 0.383 e. The van der Waals surface area contributed by atoms with Gasteiger partial charge in [0.15, 0.2) is 0 Å². The molecule has 0 aliphatic heterocycles. The molecule has 0 radical (unpaired) electrons. The van der Waals surface area contributed by atoms with E-state index >= 15 is 0 Å². The van der Waals surface area contributed by atoms with E-state index in [2.05, 4.69) is 10.1 Å². The number of aromatic nitrogens is 3. The first kappa shape index (κ1) is 10.8. The number of rotatable bonds is 2. The quantitative estimate of drug-likeness (QED) is 0.832. The first-order valence-electron chi connectivity index (χ1n) is 4.86. The van der Waals surface area contributed by atoms with Crippen molar-refractivity contribution in [3.8, 4) is 0 Å². The summed E-state index contributed by atoms with van der Waals surface area (Å²) in [5, 5.41) is 14.2. The van der Waals surface area contributed by atoms with E-state index < -0.39 is 11.9 Å². The number of pyridine rings is 1. The molecule has 0 fully saturated rings. The first-order chi connectivity index (χ1) is 7.58. The summed E-state index contributed by atoms with van der Waals surface area (Å²) in [5.74, 6) is -0.460. The molecule has 2 rings (SSSR count). The molecule has 0 saturated heterocycles. The summed E-state index contributed by atoms with van der Waals surface area (Å²) in [7, 11) is 1.77. The van der Waals surface area contributed by atoms with Gasteiger partial charge in [0.1, 0.15) is 11.9 Å². The molecule has 0 saturated carbocycles. The number of aryl methyl sites for hydroxylation is 2. The van der Waals surface area contributed by atoms with E-state index in [1.807, 2.05) is 0 Å². The number of nitrogens with zero attached hydrogens (tertiary/aromatic N) is 3. The van der Waals surface area contributed by atoms with E-state index in [-0.39, 0.29) is 0 Å². The molecule has 1 N–H and O–H groups in total. The maximum Gasteiger partial charge on any atom is 0.141 e. The van der Waals surface area contributed by atoms with Crippen LogP contribution in [-0.4, -0.2) is 19.9 Å². The minimum atomic E-state index is -0.892. The van der Waals surface area contributed by atoms with Crippen LogP contribution in [0.15, 0.2) is 24.7 Å². The Kier molecular flexibility index (Phi) is 2.70. The highest BCUT2D eigenvalue weighted by Crippen LogP contribution is 2.23. The molecule has 2 heterocycles. The maximum absolute atomic E-state index is 13.0. The summed E-state index contributed by atoms with van der Waals surface area (Å²) in [5.41, 5.74) is 1.81. The molecular formula is C11H12FN3O. The fourth-order valence-electron chi connectivity index (χ4n) is 1.64. The van der Waals surface area contributed by atoms with Crippen molar-refractivity contribution in [2.75, 3.05) is 0 Å². The van der Waals surface area contributed by atoms with Gasteiger partial charge in [-0.15, -0.1) is 0 Å². The lowest BCUT2D eigenvalue weighted by molar-refractivity contribution is 0.218. The molecule has 1 atom stereocenters. The van der Waals surface area contributed by atoms with Crippen molar-refractivity contribution in [2.45, 2.75) is 13.0 Å². The van der Waals surface area contributed by atoms with Gasteiger partial charge < -0.3 is 5.11 Å². The average Bonchev–Trinajstić information content (AvgIpc) is 2.57. The molecule has 2 aromatic heterocycles. The van der Waals surface area contributed by atoms with E-state index in [0.717, 1.165) is 11.9 Å². The second-order valence-electron chi connectivity index (χ2n) is 3.68. The Bertz CT molecular complexity index is 510. The zero-order valence-corrected chi connectivity index (χ0v) is 9.05. The third-order valence-electron chi connectivity index (χ3n) is 2.39. The van der Waals surface area contributed by atoms with Gasteiger partial charge in [-0.25, -0.2) is 4.39 Å². The summed E-state index contributed by atoms with van der Waals surface area (Å²) in [6.45, 7) is 1.80. The molecule has 2 aromatic rings. The minimum absolute atomic E-state index is 0.427. The predicted octanol–water partition coefficient (Wildman–Crippen LogP) is 1.34. The van der Waals surface area contributed by atoms with Gasteiger partial charge in [0.2, 0.25) is 0 Å². The van der Waals surface area contributed by atoms with Gasteiger partial charge >= 0.3 is 0 Å². The number of hydrogen-bond acceptors (Lipinski definition) is 3. The number of aliphatic hydroxyl groups excluding tert-OH is 1. The zero-order valence-electron chi connectivity index (χ0n) is 9.05. The second-order valence-corrected chi connectivity index (χ2v) is 3.68. The summed E-state index contributed by atoms with van der Waals surface area (Å²) < 4.78 is 14.6. The monoisotopic (exact) mass is 221 g/mol. The van der Waals surface area contributed by atoms with Gasteiger partial charge in [0, 0.05) is 30.6 Å². The van der Waals surface area contributed by atoms with Crippen LogP contribution in [0.25, 0.3) is 0 Å². The topological polar surface area (TPSA) is 50.9 Å². The molecule has 0 aliphatic carbocycles. The fraction of sp³-hybridized carbons (Fsp3) is 0.273. The van der Waals surface area contributed by atoms with E-state index in [4.69, 9.17) is 0 Å². The standard InChI is InChI=1S/C11H12FN3O/c1-7-10(6-15(2)14-7)11(16)8-3-9(12)5-13-4-8/h3-6,11,16H,1-2H3. The Hall–Kier alpha value is -1.75. The highest BCUT2D eigenvalue weighted by molar-refractivity contribution is 5.29. The molecule has 0 spiro atoms. The van der Waals surface area contributed by atoms with Crippen molar-refractivity contribution in [1.82, 2.24) is 14.8 Å². The lowest BCUT2D eigenvalue weighted by Crippen LogP contribution is -2.01. The maximum atomic E-state index is 13.0. The fourth-order valence-corrected chi connectivity index (χ4v) is 1.64. The second kappa shape index (κ2) is 4.02. The molecule has 5 heteroatoms. The summed E-state index contributed by atoms with van der Waals surface area (Å²) >= 11 is 0. The van der Waals surface area contributed by atoms with Crippen LogP contribution in [0, 0.1) is 12.7 Å². The summed E-state index contributed by atoms with van der Waals surface area (Å²) in [4.78, 5) is 3.71. The molecule has 0 aliphatic rings. The third-order valence-corrected chi connectivity index (χ3v) is 2.39. The summed E-state index contributed by atoms with van der Waals surface area (Å²) in [6.07, 6.45) is 3.37. The van der Waals surface area contributed by atoms with Crippen molar-refractivity contribution in [2.24, 2.45) is 7.05 Å². The lowest BCUT2D eigenvalue weighted by atomic mass is 10.0. The van der Waals surface area contributed by atoms with Crippen molar-refractivity contribution >= 4 is 0 Å². The third kappa shape index (κ3) is 1.94. The molecule has 0 aromatic carbocycles. The molecule has 1 unspecified atom stereocenters. The van der Waals surface area contributed by atoms with Gasteiger partial charge in [0.05, 0.1) is 11.9 Å². The number of hydrogen-bond donors (Lipinski definition) is 1. The Morgan fingerprint density at radius 2 is 2.19 bits per heavy atom. The minimum Gasteiger partial charge on any atom is -0.383 e. The highest BCUT2D eigenvalue weighted by Gasteiger charge is 2.16. The van der Waals surface area contributed by atoms with Crippen LogP contribution < -0.4 is 0 Å². The van der Waals surface area contributed by atoms with Crippen LogP contribution in [0.4, 0.5) is 4.39 Å². The lowest BCUT2D eigenvalue weighted by Gasteiger charge is -2.09. The Morgan fingerprint density at radius 1 is 1.44 bits per heavy atom. The van der Waals surface area contributed by atoms with E-state index in [0.29, 0.717) is 11.1 Å². The molecule has 16 heavy (non-hydrogen) atoms. The van der Waals surface area contributed by atoms with Crippen molar-refractivity contribution < 1.29 is 9.50 Å². The van der Waals surface area contributed by atoms with E-state index in [9.17, 15) is 9.50 Å². The van der Waals surface area contributed by atoms with Gasteiger partial charge in [-0.2, -0.15) is 5.10 Å². The molecule has 4 nitrogen and oxygen atoms in total. The predicted molar refractivity (Wildman–Crippen MR) is 56.2 cm³/mol. The SMILES string of the molecule is Cc1nn(C)cc1C(O)c1cncc(F)c1. The van der Waals surface area contributed by atoms with Crippen molar-refractivity contribution in [3.63, 3.8) is 0 Å². The van der Waals surface area contributed by atoms with Gasteiger partial charge in [-0.3, -0.25) is 9.67 Å². The molecular weight excluding hydrogens is 209 g/mol. The van der Waals surface area contributed by atoms with Crippen molar-refractivity contribution in [1.29, 1.82) is 0 Å². The highest BCUT2D eigenvalue weighted by atomic mass is 19.1. The number of halogens is 1. The van der Waals surface area contributed by atoms with Crippen molar-refractivity contribution in [3.05, 3.63) is 47.3 Å². The first-order valence-corrected chi connectivity index (χ1v) is 4.86. The normalized spacial score (nSPS) is 12.8. The Labute approximate surface area is 92.4 Å². The van der Waals surface area contributed by atoms with Gasteiger partial charge in [-0.1, -0.05) is 0 Å². The average molecular weight is 221 g/mol. The smallest absolute Gasteiger partial charge is 0.141 e. The number of aliphatic hydroxyl groups is 1. The molecule has 84 valence electrons. The molecule has 0 amide bonds. The molecule has 0 bridgehead atoms. The van der Waals surface area contributed by atoms with Gasteiger partial charge in [0.25, 0.3) is 0 Å². The van der Waals surface area contributed by atoms with Crippen LogP contribution in [0.3, 0.4) is 0 Å². The summed E-state index contributed by atoms with van der Waals surface area (Å²) in [6, 6.07) is 1.27. The van der Waals surface area contributed by atoms with E-state index in [1.165, 1.54) is 12.3 Å². The Balaban J connectivity index is 2.38. The van der Waals surface area contributed by atoms with Crippen LogP contribution in [0.2, 0.25) is 0 Å². The van der Waals surface area contributed by atoms with Crippen LogP contribution in [0.1, 0.15) is 22.9 Å². The van der Waals surface area contributed by atoms with E-state index in [1.54, 1.807) is 24.9 Å². The van der Waals surface area contributed by atoms with Crippen LogP contribution >= 0.6 is 0 Å². The zero-order chi connectivity index (χ0) is 11.7. The van der Waals surface area contributed by atoms with Crippen LogP contribution in [-0.2, 0) is 7.05 Å². The Morgan fingerprint density at radius 3 is 2.75 bits per heavy atom.